The van der Waals surface area contributed by atoms with Gasteiger partial charge in [0.05, 0.1) is 5.71 Å². The summed E-state index contributed by atoms with van der Waals surface area (Å²) in [5.74, 6) is 0.835. The number of halogens is 1. The van der Waals surface area contributed by atoms with Crippen LogP contribution >= 0.6 is 23.4 Å². The molecule has 5 heteroatoms. The van der Waals surface area contributed by atoms with Crippen LogP contribution in [0.3, 0.4) is 0 Å². The molecule has 1 aliphatic rings. The molecule has 0 fully saturated rings. The van der Waals surface area contributed by atoms with E-state index >= 15 is 0 Å². The van der Waals surface area contributed by atoms with E-state index in [2.05, 4.69) is 15.5 Å². The Morgan fingerprint density at radius 2 is 2.00 bits per heavy atom. The average Bonchev–Trinajstić information content (AvgIpc) is 2.30. The van der Waals surface area contributed by atoms with Gasteiger partial charge < -0.3 is 5.32 Å². The highest BCUT2D eigenvalue weighted by Crippen LogP contribution is 2.16. The van der Waals surface area contributed by atoms with Crippen LogP contribution in [0.2, 0.25) is 5.02 Å². The largest absolute Gasteiger partial charge is 0.366 e. The Morgan fingerprint density at radius 1 is 1.27 bits per heavy atom. The van der Waals surface area contributed by atoms with Gasteiger partial charge >= 0.3 is 0 Å². The molecule has 1 aromatic rings. The highest BCUT2D eigenvalue weighted by molar-refractivity contribution is 8.14. The predicted molar refractivity (Wildman–Crippen MR) is 66.9 cm³/mol. The van der Waals surface area contributed by atoms with Gasteiger partial charge in [-0.15, -0.1) is 5.10 Å². The Labute approximate surface area is 97.6 Å². The Bertz CT molecular complexity index is 411. The lowest BCUT2D eigenvalue weighted by Crippen LogP contribution is -2.20. The summed E-state index contributed by atoms with van der Waals surface area (Å²) in [7, 11) is 1.84. The van der Waals surface area contributed by atoms with Gasteiger partial charge in [0.25, 0.3) is 0 Å². The highest BCUT2D eigenvalue weighted by Gasteiger charge is 2.10. The van der Waals surface area contributed by atoms with Gasteiger partial charge in [0.15, 0.2) is 5.17 Å². The second-order valence-electron chi connectivity index (χ2n) is 3.00. The molecule has 0 radical (unpaired) electrons. The first-order valence-electron chi connectivity index (χ1n) is 4.50. The molecule has 3 nitrogen and oxygen atoms in total. The van der Waals surface area contributed by atoms with Crippen LogP contribution in [0.4, 0.5) is 0 Å². The molecular formula is C10H10ClN3S. The predicted octanol–water partition coefficient (Wildman–Crippen LogP) is 2.37. The maximum atomic E-state index is 5.81. The zero-order chi connectivity index (χ0) is 10.7. The summed E-state index contributed by atoms with van der Waals surface area (Å²) >= 11 is 7.46. The monoisotopic (exact) mass is 239 g/mol. The van der Waals surface area contributed by atoms with Crippen molar-refractivity contribution >= 4 is 34.2 Å². The summed E-state index contributed by atoms with van der Waals surface area (Å²) in [6.45, 7) is 0. The standard InChI is InChI=1S/C10H10ClN3S/c1-12-10-14-13-9(6-15-10)7-2-4-8(11)5-3-7/h2-5H,6H2,1H3,(H,12,14). The van der Waals surface area contributed by atoms with Gasteiger partial charge in [-0.25, -0.2) is 0 Å². The molecule has 1 aliphatic heterocycles. The third-order valence-electron chi connectivity index (χ3n) is 2.00. The van der Waals surface area contributed by atoms with E-state index in [1.54, 1.807) is 11.8 Å². The summed E-state index contributed by atoms with van der Waals surface area (Å²) in [4.78, 5) is 0. The zero-order valence-electron chi connectivity index (χ0n) is 8.20. The van der Waals surface area contributed by atoms with Crippen molar-refractivity contribution < 1.29 is 0 Å². The first-order chi connectivity index (χ1) is 7.29. The van der Waals surface area contributed by atoms with Crippen molar-refractivity contribution in [2.75, 3.05) is 12.8 Å². The first kappa shape index (κ1) is 10.5. The van der Waals surface area contributed by atoms with Crippen LogP contribution in [0.15, 0.2) is 34.5 Å². The van der Waals surface area contributed by atoms with E-state index < -0.39 is 0 Å². The van der Waals surface area contributed by atoms with Gasteiger partial charge in [0.2, 0.25) is 0 Å². The van der Waals surface area contributed by atoms with Crippen LogP contribution in [0.25, 0.3) is 0 Å². The SMILES string of the molecule is CNC1=NN=C(c2ccc(Cl)cc2)CS1. The lowest BCUT2D eigenvalue weighted by Gasteiger charge is -2.11. The topological polar surface area (TPSA) is 36.8 Å². The average molecular weight is 240 g/mol. The first-order valence-corrected chi connectivity index (χ1v) is 5.87. The molecule has 0 aliphatic carbocycles. The number of amidine groups is 1. The minimum Gasteiger partial charge on any atom is -0.366 e. The molecule has 1 heterocycles. The third kappa shape index (κ3) is 2.52. The van der Waals surface area contributed by atoms with Crippen molar-refractivity contribution in [2.24, 2.45) is 10.2 Å². The van der Waals surface area contributed by atoms with Crippen molar-refractivity contribution in [2.45, 2.75) is 0 Å². The van der Waals surface area contributed by atoms with Crippen molar-refractivity contribution in [1.82, 2.24) is 5.32 Å². The highest BCUT2D eigenvalue weighted by atomic mass is 35.5. The van der Waals surface area contributed by atoms with Gasteiger partial charge in [0, 0.05) is 17.8 Å². The van der Waals surface area contributed by atoms with Crippen LogP contribution in [0.1, 0.15) is 5.56 Å². The van der Waals surface area contributed by atoms with E-state index in [0.717, 1.165) is 27.2 Å². The van der Waals surface area contributed by atoms with Gasteiger partial charge in [-0.05, 0) is 17.7 Å². The Balaban J connectivity index is 2.22. The van der Waals surface area contributed by atoms with E-state index in [1.807, 2.05) is 31.3 Å². The maximum Gasteiger partial charge on any atom is 0.183 e. The van der Waals surface area contributed by atoms with Crippen LogP contribution in [0.5, 0.6) is 0 Å². The molecule has 2 rings (SSSR count). The van der Waals surface area contributed by atoms with Crippen molar-refractivity contribution in [1.29, 1.82) is 0 Å². The fraction of sp³-hybridized carbons (Fsp3) is 0.200. The van der Waals surface area contributed by atoms with Crippen molar-refractivity contribution in [3.05, 3.63) is 34.9 Å². The van der Waals surface area contributed by atoms with Crippen LogP contribution in [-0.4, -0.2) is 23.7 Å². The molecule has 1 N–H and O–H groups in total. The normalized spacial score (nSPS) is 15.6. The Morgan fingerprint density at radius 3 is 2.53 bits per heavy atom. The fourth-order valence-corrected chi connectivity index (χ4v) is 2.07. The molecule has 0 saturated carbocycles. The minimum atomic E-state index is 0.738. The quantitative estimate of drug-likeness (QED) is 0.817. The van der Waals surface area contributed by atoms with Crippen molar-refractivity contribution in [3.63, 3.8) is 0 Å². The molecule has 0 atom stereocenters. The molecule has 0 saturated heterocycles. The molecule has 78 valence electrons. The molecule has 0 spiro atoms. The van der Waals surface area contributed by atoms with Crippen LogP contribution < -0.4 is 5.32 Å². The van der Waals surface area contributed by atoms with Crippen LogP contribution in [0, 0.1) is 0 Å². The molecule has 0 bridgehead atoms. The number of benzene rings is 1. The van der Waals surface area contributed by atoms with Crippen molar-refractivity contribution in [3.8, 4) is 0 Å². The number of nitrogens with zero attached hydrogens (tertiary/aromatic N) is 2. The molecular weight excluding hydrogens is 230 g/mol. The number of thioether (sulfide) groups is 1. The summed E-state index contributed by atoms with van der Waals surface area (Å²) in [6.07, 6.45) is 0. The maximum absolute atomic E-state index is 5.81. The van der Waals surface area contributed by atoms with Gasteiger partial charge in [0.1, 0.15) is 0 Å². The minimum absolute atomic E-state index is 0.738. The smallest absolute Gasteiger partial charge is 0.183 e. The number of hydrogen-bond donors (Lipinski definition) is 1. The van der Waals surface area contributed by atoms with Gasteiger partial charge in [-0.1, -0.05) is 35.5 Å². The number of hydrogen-bond acceptors (Lipinski definition) is 4. The second-order valence-corrected chi connectivity index (χ2v) is 4.40. The van der Waals surface area contributed by atoms with E-state index in [4.69, 9.17) is 11.6 Å². The van der Waals surface area contributed by atoms with Gasteiger partial charge in [-0.2, -0.15) is 5.10 Å². The molecule has 0 amide bonds. The lowest BCUT2D eigenvalue weighted by molar-refractivity contribution is 1.13. The summed E-state index contributed by atoms with van der Waals surface area (Å²) in [5.41, 5.74) is 2.06. The van der Waals surface area contributed by atoms with E-state index in [1.165, 1.54) is 0 Å². The fourth-order valence-electron chi connectivity index (χ4n) is 1.21. The third-order valence-corrected chi connectivity index (χ3v) is 3.23. The van der Waals surface area contributed by atoms with E-state index in [0.29, 0.717) is 0 Å². The molecule has 0 aromatic heterocycles. The summed E-state index contributed by atoms with van der Waals surface area (Å²) in [5, 5.41) is 12.8. The Kier molecular flexibility index (Phi) is 3.28. The molecule has 0 unspecified atom stereocenters. The number of nitrogens with one attached hydrogen (secondary N) is 1. The van der Waals surface area contributed by atoms with E-state index in [-0.39, 0.29) is 0 Å². The second kappa shape index (κ2) is 4.68. The zero-order valence-corrected chi connectivity index (χ0v) is 9.77. The Hall–Kier alpha value is -1.000. The summed E-state index contributed by atoms with van der Waals surface area (Å²) < 4.78 is 0. The van der Waals surface area contributed by atoms with Crippen LogP contribution in [-0.2, 0) is 0 Å². The number of rotatable bonds is 1. The molecule has 15 heavy (non-hydrogen) atoms. The van der Waals surface area contributed by atoms with Gasteiger partial charge in [-0.3, -0.25) is 0 Å². The lowest BCUT2D eigenvalue weighted by atomic mass is 10.1. The van der Waals surface area contributed by atoms with E-state index in [9.17, 15) is 0 Å². The summed E-state index contributed by atoms with van der Waals surface area (Å²) in [6, 6.07) is 7.64. The molecule has 1 aromatic carbocycles.